The Hall–Kier alpha value is -4.01. The third kappa shape index (κ3) is 4.41. The fraction of sp³-hybridized carbons (Fsp3) is 0.320. The maximum Gasteiger partial charge on any atom is 0.268 e. The number of amides is 2. The van der Waals surface area contributed by atoms with Crippen molar-refractivity contribution in [2.75, 3.05) is 31.1 Å². The number of hydrogen-bond donors (Lipinski definition) is 1. The van der Waals surface area contributed by atoms with Crippen LogP contribution in [0.5, 0.6) is 0 Å². The third-order valence-corrected chi connectivity index (χ3v) is 6.31. The normalized spacial score (nSPS) is 21.9. The van der Waals surface area contributed by atoms with Gasteiger partial charge in [0.2, 0.25) is 11.8 Å². The fourth-order valence-electron chi connectivity index (χ4n) is 4.47. The summed E-state index contributed by atoms with van der Waals surface area (Å²) in [5.41, 5.74) is 4.67. The Morgan fingerprint density at radius 2 is 1.94 bits per heavy atom. The van der Waals surface area contributed by atoms with Crippen LogP contribution in [-0.4, -0.2) is 58.8 Å². The van der Waals surface area contributed by atoms with Gasteiger partial charge in [-0.25, -0.2) is 15.4 Å². The highest BCUT2D eigenvalue weighted by Crippen LogP contribution is 2.30. The van der Waals surface area contributed by atoms with Gasteiger partial charge in [0.15, 0.2) is 0 Å². The van der Waals surface area contributed by atoms with E-state index >= 15 is 0 Å². The summed E-state index contributed by atoms with van der Waals surface area (Å²) in [6.07, 6.45) is 9.18. The number of piperazine rings is 1. The molecule has 1 aromatic carbocycles. The van der Waals surface area contributed by atoms with Crippen molar-refractivity contribution in [1.29, 1.82) is 0 Å². The monoisotopic (exact) mass is 458 g/mol. The van der Waals surface area contributed by atoms with Crippen molar-refractivity contribution in [3.8, 4) is 0 Å². The van der Waals surface area contributed by atoms with Crippen molar-refractivity contribution in [1.82, 2.24) is 20.3 Å². The number of carbonyl (C=O) groups excluding carboxylic acids is 2. The smallest absolute Gasteiger partial charge is 0.268 e. The lowest BCUT2D eigenvalue weighted by Crippen LogP contribution is -2.49. The molecule has 9 heteroatoms. The van der Waals surface area contributed by atoms with Gasteiger partial charge in [-0.2, -0.15) is 0 Å². The molecule has 174 valence electrons. The van der Waals surface area contributed by atoms with Crippen LogP contribution in [0.15, 0.2) is 71.6 Å². The highest BCUT2D eigenvalue weighted by atomic mass is 16.5. The van der Waals surface area contributed by atoms with E-state index in [2.05, 4.69) is 25.4 Å². The minimum atomic E-state index is -0.201. The molecule has 2 amide bonds. The van der Waals surface area contributed by atoms with E-state index in [1.54, 1.807) is 24.5 Å². The SMILES string of the molecule is CC1C=CC=C2C(=O)NN=C(OCc3cccc(C(=O)N4CCN(c5ncccn5)CC4)c3)C21. The summed E-state index contributed by atoms with van der Waals surface area (Å²) in [6, 6.07) is 9.26. The lowest BCUT2D eigenvalue weighted by molar-refractivity contribution is -0.118. The predicted octanol–water partition coefficient (Wildman–Crippen LogP) is 2.15. The minimum absolute atomic E-state index is 0.00555. The molecule has 1 fully saturated rings. The van der Waals surface area contributed by atoms with Gasteiger partial charge in [-0.3, -0.25) is 9.59 Å². The number of allylic oxidation sites excluding steroid dienone is 3. The van der Waals surface area contributed by atoms with Gasteiger partial charge < -0.3 is 14.5 Å². The summed E-state index contributed by atoms with van der Waals surface area (Å²) >= 11 is 0. The molecule has 1 N–H and O–H groups in total. The Kier molecular flexibility index (Phi) is 6.07. The molecule has 1 saturated heterocycles. The van der Waals surface area contributed by atoms with Crippen LogP contribution in [0.1, 0.15) is 22.8 Å². The number of anilines is 1. The Morgan fingerprint density at radius 3 is 2.74 bits per heavy atom. The molecule has 2 atom stereocenters. The second-order valence-electron chi connectivity index (χ2n) is 8.55. The van der Waals surface area contributed by atoms with Crippen molar-refractivity contribution < 1.29 is 14.3 Å². The largest absolute Gasteiger partial charge is 0.474 e. The fourth-order valence-corrected chi connectivity index (χ4v) is 4.47. The Morgan fingerprint density at radius 1 is 1.15 bits per heavy atom. The van der Waals surface area contributed by atoms with E-state index in [0.29, 0.717) is 49.2 Å². The molecule has 3 heterocycles. The number of benzene rings is 1. The summed E-state index contributed by atoms with van der Waals surface area (Å²) in [5.74, 6) is 0.884. The molecular weight excluding hydrogens is 432 g/mol. The van der Waals surface area contributed by atoms with Crippen molar-refractivity contribution >= 4 is 23.7 Å². The molecule has 9 nitrogen and oxygen atoms in total. The quantitative estimate of drug-likeness (QED) is 0.754. The van der Waals surface area contributed by atoms with Gasteiger partial charge in [0.05, 0.1) is 5.92 Å². The highest BCUT2D eigenvalue weighted by molar-refractivity contribution is 6.04. The van der Waals surface area contributed by atoms with E-state index in [1.807, 2.05) is 48.2 Å². The first-order valence-corrected chi connectivity index (χ1v) is 11.4. The maximum atomic E-state index is 13.1. The van der Waals surface area contributed by atoms with Gasteiger partial charge in [-0.05, 0) is 29.7 Å². The van der Waals surface area contributed by atoms with Crippen LogP contribution in [0.2, 0.25) is 0 Å². The van der Waals surface area contributed by atoms with Crippen LogP contribution in [0.4, 0.5) is 5.95 Å². The molecule has 2 aromatic rings. The average Bonchev–Trinajstić information content (AvgIpc) is 2.89. The Balaban J connectivity index is 1.21. The van der Waals surface area contributed by atoms with Gasteiger partial charge >= 0.3 is 0 Å². The number of fused-ring (bicyclic) bond motifs is 1. The number of carbonyl (C=O) groups is 2. The first-order valence-electron chi connectivity index (χ1n) is 11.4. The molecule has 0 radical (unpaired) electrons. The van der Waals surface area contributed by atoms with E-state index in [0.717, 1.165) is 5.56 Å². The van der Waals surface area contributed by atoms with E-state index in [4.69, 9.17) is 4.74 Å². The molecule has 3 aliphatic rings. The van der Waals surface area contributed by atoms with Gasteiger partial charge in [0.25, 0.3) is 11.8 Å². The number of aromatic nitrogens is 2. The van der Waals surface area contributed by atoms with Crippen LogP contribution < -0.4 is 10.3 Å². The van der Waals surface area contributed by atoms with Crippen LogP contribution in [0.25, 0.3) is 0 Å². The summed E-state index contributed by atoms with van der Waals surface area (Å²) in [5, 5.41) is 4.15. The van der Waals surface area contributed by atoms with Crippen LogP contribution in [-0.2, 0) is 16.1 Å². The second kappa shape index (κ2) is 9.46. The molecule has 2 aliphatic heterocycles. The zero-order valence-corrected chi connectivity index (χ0v) is 18.9. The Labute approximate surface area is 197 Å². The molecule has 34 heavy (non-hydrogen) atoms. The summed E-state index contributed by atoms with van der Waals surface area (Å²) in [7, 11) is 0. The number of nitrogens with zero attached hydrogens (tertiary/aromatic N) is 5. The van der Waals surface area contributed by atoms with Crippen molar-refractivity contribution in [3.63, 3.8) is 0 Å². The van der Waals surface area contributed by atoms with Gasteiger partial charge in [0, 0.05) is 49.7 Å². The summed E-state index contributed by atoms with van der Waals surface area (Å²) < 4.78 is 6.02. The molecule has 0 bridgehead atoms. The van der Waals surface area contributed by atoms with E-state index < -0.39 is 0 Å². The van der Waals surface area contributed by atoms with Crippen LogP contribution in [0, 0.1) is 11.8 Å². The molecule has 5 rings (SSSR count). The zero-order valence-electron chi connectivity index (χ0n) is 18.9. The zero-order chi connectivity index (χ0) is 23.5. The molecule has 1 aromatic heterocycles. The number of hydrogen-bond acceptors (Lipinski definition) is 7. The van der Waals surface area contributed by atoms with Crippen LogP contribution >= 0.6 is 0 Å². The predicted molar refractivity (Wildman–Crippen MR) is 127 cm³/mol. The standard InChI is InChI=1S/C25H26N6O3/c1-17-5-2-8-20-21(17)23(29-28-22(20)32)34-16-18-6-3-7-19(15-18)24(33)30-11-13-31(14-12-30)25-26-9-4-10-27-25/h2-10,15,17,21H,11-14,16H2,1H3,(H,28,32). The van der Waals surface area contributed by atoms with E-state index in [1.165, 1.54) is 0 Å². The maximum absolute atomic E-state index is 13.1. The van der Waals surface area contributed by atoms with Crippen LogP contribution in [0.3, 0.4) is 0 Å². The number of rotatable bonds is 4. The minimum Gasteiger partial charge on any atom is -0.474 e. The topological polar surface area (TPSA) is 100 Å². The molecular formula is C25H26N6O3. The van der Waals surface area contributed by atoms with E-state index in [-0.39, 0.29) is 30.3 Å². The van der Waals surface area contributed by atoms with Crippen molar-refractivity contribution in [2.24, 2.45) is 16.9 Å². The lowest BCUT2D eigenvalue weighted by atomic mass is 9.82. The molecule has 0 saturated carbocycles. The summed E-state index contributed by atoms with van der Waals surface area (Å²) in [6.45, 7) is 4.89. The molecule has 2 unspecified atom stereocenters. The van der Waals surface area contributed by atoms with Gasteiger partial charge in [-0.15, -0.1) is 5.10 Å². The number of nitrogens with one attached hydrogen (secondary N) is 1. The summed E-state index contributed by atoms with van der Waals surface area (Å²) in [4.78, 5) is 37.8. The number of hydrazone groups is 1. The average molecular weight is 459 g/mol. The first-order chi connectivity index (χ1) is 16.6. The second-order valence-corrected chi connectivity index (χ2v) is 8.55. The Bertz CT molecular complexity index is 1170. The number of ether oxygens (including phenoxy) is 1. The van der Waals surface area contributed by atoms with Crippen molar-refractivity contribution in [2.45, 2.75) is 13.5 Å². The lowest BCUT2D eigenvalue weighted by Gasteiger charge is -2.34. The van der Waals surface area contributed by atoms with E-state index in [9.17, 15) is 9.59 Å². The third-order valence-electron chi connectivity index (χ3n) is 6.31. The van der Waals surface area contributed by atoms with Gasteiger partial charge in [0.1, 0.15) is 6.61 Å². The molecule has 0 spiro atoms. The van der Waals surface area contributed by atoms with Crippen molar-refractivity contribution in [3.05, 3.63) is 77.7 Å². The van der Waals surface area contributed by atoms with Gasteiger partial charge in [-0.1, -0.05) is 37.3 Å². The first kappa shape index (κ1) is 21.8. The highest BCUT2D eigenvalue weighted by Gasteiger charge is 2.36. The molecule has 1 aliphatic carbocycles.